The van der Waals surface area contributed by atoms with Gasteiger partial charge in [-0.05, 0) is 81.2 Å². The van der Waals surface area contributed by atoms with Crippen molar-refractivity contribution in [2.75, 3.05) is 69.9 Å². The fourth-order valence-electron chi connectivity index (χ4n) is 13.5. The standard InChI is InChI=1S/C47H64N6O7S2/c1-7-44(57)26-29-25-43(4,37-31(15-19-52(27-29)28-44)30-13-10-11-14-34(30)48-37)33-23-32-35(24-36(33)59-6)51(5)39-46(32)17-20-53-18-12-16-45(8-2,38(46)53)40(54)47(39,58)41(55)49-50-42(56)60-21-22-62-61-9-3/h10-14,16,23-24,29,38-40,48,54,57-58H,7-9,15,17-22,25-28H2,1-6H3,(H,49,55)(H,50,56)/t29-,38-,39+,40+,43+,44-,45+,46+,47-/m0/s1. The smallest absolute Gasteiger partial charge is 0.426 e. The lowest BCUT2D eigenvalue weighted by Gasteiger charge is -2.63. The molecule has 1 unspecified atom stereocenters. The Morgan fingerprint density at radius 3 is 2.58 bits per heavy atom. The van der Waals surface area contributed by atoms with Crippen molar-refractivity contribution in [3.05, 3.63) is 70.9 Å². The van der Waals surface area contributed by atoms with Gasteiger partial charge in [-0.25, -0.2) is 10.2 Å². The number of amides is 2. The number of nitrogens with one attached hydrogen (secondary N) is 3. The maximum atomic E-state index is 14.8. The van der Waals surface area contributed by atoms with E-state index in [4.69, 9.17) is 9.47 Å². The molecule has 0 radical (unpaired) electrons. The summed E-state index contributed by atoms with van der Waals surface area (Å²) < 4.78 is 11.8. The molecule has 2 saturated heterocycles. The van der Waals surface area contributed by atoms with Gasteiger partial charge in [-0.2, -0.15) is 0 Å². The van der Waals surface area contributed by atoms with Crippen LogP contribution in [-0.2, 0) is 26.8 Å². The third kappa shape index (κ3) is 6.45. The predicted octanol–water partition coefficient (Wildman–Crippen LogP) is 5.25. The minimum Gasteiger partial charge on any atom is -0.496 e. The fourth-order valence-corrected chi connectivity index (χ4v) is 15.0. The molecule has 3 fully saturated rings. The number of para-hydroxylation sites is 1. The summed E-state index contributed by atoms with van der Waals surface area (Å²) in [5, 5.41) is 39.2. The van der Waals surface area contributed by atoms with Crippen LogP contribution >= 0.6 is 21.6 Å². The zero-order valence-electron chi connectivity index (χ0n) is 37.0. The molecule has 1 saturated carbocycles. The molecule has 336 valence electrons. The average Bonchev–Trinajstić information content (AvgIpc) is 3.93. The Hall–Kier alpha value is -3.44. The van der Waals surface area contributed by atoms with Gasteiger partial charge in [0.25, 0.3) is 5.91 Å². The van der Waals surface area contributed by atoms with Crippen molar-refractivity contribution < 1.29 is 34.4 Å². The number of nitrogens with zero attached hydrogens (tertiary/aromatic N) is 3. The number of hydrogen-bond acceptors (Lipinski definition) is 12. The third-order valence-electron chi connectivity index (χ3n) is 15.9. The summed E-state index contributed by atoms with van der Waals surface area (Å²) in [5.74, 6) is 1.51. The number of aliphatic hydroxyl groups excluding tert-OH is 1. The van der Waals surface area contributed by atoms with E-state index in [0.717, 1.165) is 59.7 Å². The molecule has 2 aromatic carbocycles. The van der Waals surface area contributed by atoms with Crippen molar-refractivity contribution in [3.8, 4) is 5.75 Å². The monoisotopic (exact) mass is 888 g/mol. The summed E-state index contributed by atoms with van der Waals surface area (Å²) in [4.78, 5) is 38.4. The summed E-state index contributed by atoms with van der Waals surface area (Å²) in [7, 11) is 6.87. The van der Waals surface area contributed by atoms with E-state index in [1.807, 2.05) is 24.9 Å². The first kappa shape index (κ1) is 43.8. The quantitative estimate of drug-likeness (QED) is 0.0680. The van der Waals surface area contributed by atoms with E-state index in [0.29, 0.717) is 56.8 Å². The highest BCUT2D eigenvalue weighted by Crippen LogP contribution is 2.67. The molecule has 10 atom stereocenters. The van der Waals surface area contributed by atoms with Crippen molar-refractivity contribution in [1.29, 1.82) is 0 Å². The number of anilines is 1. The van der Waals surface area contributed by atoms with E-state index in [-0.39, 0.29) is 18.6 Å². The number of aromatic nitrogens is 1. The van der Waals surface area contributed by atoms with Crippen LogP contribution in [0.4, 0.5) is 10.5 Å². The molecule has 1 aliphatic carbocycles. The maximum absolute atomic E-state index is 14.8. The maximum Gasteiger partial charge on any atom is 0.426 e. The number of carbonyl (C=O) groups excluding carboxylic acids is 2. The average molecular weight is 889 g/mol. The molecule has 15 heteroatoms. The van der Waals surface area contributed by atoms with E-state index >= 15 is 0 Å². The summed E-state index contributed by atoms with van der Waals surface area (Å²) in [5.41, 5.74) is 5.65. The molecule has 6 heterocycles. The van der Waals surface area contributed by atoms with E-state index in [1.165, 1.54) is 10.9 Å². The number of methoxy groups -OCH3 is 1. The number of piperidine rings is 1. The zero-order chi connectivity index (χ0) is 43.8. The largest absolute Gasteiger partial charge is 0.496 e. The van der Waals surface area contributed by atoms with Crippen LogP contribution in [0.5, 0.6) is 5.75 Å². The number of likely N-dealkylation sites (N-methyl/N-ethyl adjacent to an activating group) is 1. The number of aliphatic hydroxyl groups is 3. The number of carbonyl (C=O) groups is 2. The van der Waals surface area contributed by atoms with Crippen LogP contribution < -0.4 is 20.5 Å². The number of rotatable bonds is 10. The second-order valence-corrected chi connectivity index (χ2v) is 21.9. The van der Waals surface area contributed by atoms with E-state index < -0.39 is 51.6 Å². The number of aromatic amines is 1. The van der Waals surface area contributed by atoms with Gasteiger partial charge >= 0.3 is 6.09 Å². The molecule has 2 amide bonds. The van der Waals surface area contributed by atoms with Crippen LogP contribution in [0, 0.1) is 11.3 Å². The molecule has 9 rings (SSSR count). The predicted molar refractivity (Wildman–Crippen MR) is 246 cm³/mol. The molecule has 6 aliphatic rings. The number of benzene rings is 2. The summed E-state index contributed by atoms with van der Waals surface area (Å²) >= 11 is 0. The Balaban J connectivity index is 1.20. The van der Waals surface area contributed by atoms with Crippen molar-refractivity contribution in [3.63, 3.8) is 0 Å². The van der Waals surface area contributed by atoms with Crippen molar-refractivity contribution in [2.45, 2.75) is 106 Å². The first-order valence-electron chi connectivity index (χ1n) is 22.5. The van der Waals surface area contributed by atoms with Crippen molar-refractivity contribution in [1.82, 2.24) is 25.6 Å². The minimum absolute atomic E-state index is 0.152. The van der Waals surface area contributed by atoms with Gasteiger partial charge in [0.05, 0.1) is 18.8 Å². The van der Waals surface area contributed by atoms with Crippen LogP contribution in [0.3, 0.4) is 0 Å². The Morgan fingerprint density at radius 2 is 1.82 bits per heavy atom. The van der Waals surface area contributed by atoms with Gasteiger partial charge in [0.15, 0.2) is 5.60 Å². The second kappa shape index (κ2) is 16.2. The van der Waals surface area contributed by atoms with Gasteiger partial charge in [0.2, 0.25) is 0 Å². The van der Waals surface area contributed by atoms with E-state index in [9.17, 15) is 24.9 Å². The summed E-state index contributed by atoms with van der Waals surface area (Å²) in [6.45, 7) is 12.4. The molecule has 3 aromatic rings. The molecule has 6 N–H and O–H groups in total. The molecular formula is C47H64N6O7S2. The van der Waals surface area contributed by atoms with Crippen LogP contribution in [0.15, 0.2) is 48.6 Å². The highest BCUT2D eigenvalue weighted by molar-refractivity contribution is 8.76. The Kier molecular flexibility index (Phi) is 11.5. The lowest BCUT2D eigenvalue weighted by atomic mass is 9.47. The van der Waals surface area contributed by atoms with Gasteiger partial charge in [-0.3, -0.25) is 20.0 Å². The molecule has 62 heavy (non-hydrogen) atoms. The molecular weight excluding hydrogens is 825 g/mol. The van der Waals surface area contributed by atoms with Crippen LogP contribution in [0.1, 0.15) is 82.2 Å². The van der Waals surface area contributed by atoms with Gasteiger partial charge < -0.3 is 34.7 Å². The normalized spacial score (nSPS) is 35.8. The SMILES string of the molecule is CCSSCCOC(=O)NNC(=O)[C@@]1(O)[C@H](O)[C@]2(CC)C=CCN3CC[C@@]4(c5cc([C@@]6(C)C[C@@H]7CN(CCc8c6[nH]c6ccccc86)C[C@](O)(CC)C7)c(OC)cc5N(C)[C@@H]14)[C@@H]32. The first-order chi connectivity index (χ1) is 29.7. The van der Waals surface area contributed by atoms with E-state index in [1.54, 1.807) is 28.7 Å². The molecule has 5 aliphatic heterocycles. The molecule has 1 aromatic heterocycles. The van der Waals surface area contributed by atoms with Crippen molar-refractivity contribution in [2.24, 2.45) is 11.3 Å². The van der Waals surface area contributed by atoms with E-state index in [2.05, 4.69) is 88.9 Å². The Bertz CT molecular complexity index is 2260. The third-order valence-corrected chi connectivity index (χ3v) is 18.4. The Labute approximate surface area is 373 Å². The summed E-state index contributed by atoms with van der Waals surface area (Å²) in [6, 6.07) is 11.8. The molecule has 1 spiro atoms. The van der Waals surface area contributed by atoms with Gasteiger partial charge in [0, 0.05) is 101 Å². The first-order valence-corrected chi connectivity index (χ1v) is 25.0. The number of H-pyrrole nitrogens is 1. The zero-order valence-corrected chi connectivity index (χ0v) is 38.6. The van der Waals surface area contributed by atoms with Crippen molar-refractivity contribution >= 4 is 50.2 Å². The van der Waals surface area contributed by atoms with Gasteiger partial charge in [-0.1, -0.05) is 72.7 Å². The lowest BCUT2D eigenvalue weighted by molar-refractivity contribution is -0.204. The number of fused-ring (bicyclic) bond motifs is 6. The van der Waals surface area contributed by atoms with Gasteiger partial charge in [-0.15, -0.1) is 0 Å². The number of hydrazine groups is 1. The highest BCUT2D eigenvalue weighted by atomic mass is 33.1. The lowest BCUT2D eigenvalue weighted by Crippen LogP contribution is -2.82. The fraction of sp³-hybridized carbons (Fsp3) is 0.617. The Morgan fingerprint density at radius 1 is 1.02 bits per heavy atom. The second-order valence-electron chi connectivity index (χ2n) is 19.0. The molecule has 13 nitrogen and oxygen atoms in total. The minimum atomic E-state index is -2.38. The number of ether oxygens (including phenoxy) is 2. The molecule has 2 bridgehead atoms. The van der Waals surface area contributed by atoms with Gasteiger partial charge in [0.1, 0.15) is 18.5 Å². The topological polar surface area (TPSA) is 163 Å². The highest BCUT2D eigenvalue weighted by Gasteiger charge is 2.78. The van der Waals surface area contributed by atoms with Crippen LogP contribution in [0.2, 0.25) is 0 Å². The van der Waals surface area contributed by atoms with Crippen LogP contribution in [-0.4, -0.2) is 136 Å². The van der Waals surface area contributed by atoms with Crippen LogP contribution in [0.25, 0.3) is 10.9 Å². The summed E-state index contributed by atoms with van der Waals surface area (Å²) in [6.07, 6.45) is 5.81. The number of hydrogen-bond donors (Lipinski definition) is 6.